The van der Waals surface area contributed by atoms with Gasteiger partial charge in [0.15, 0.2) is 5.78 Å². The van der Waals surface area contributed by atoms with E-state index in [0.29, 0.717) is 30.3 Å². The smallest absolute Gasteiger partial charge is 0.290 e. The van der Waals surface area contributed by atoms with Crippen LogP contribution in [0.3, 0.4) is 0 Å². The molecule has 5 heteroatoms. The van der Waals surface area contributed by atoms with Crippen LogP contribution in [0.25, 0.3) is 0 Å². The number of fused-ring (bicyclic) bond motifs is 5. The second-order valence-electron chi connectivity index (χ2n) is 9.05. The Morgan fingerprint density at radius 2 is 1.96 bits per heavy atom. The molecule has 0 radical (unpaired) electrons. The first-order valence-corrected chi connectivity index (χ1v) is 9.88. The maximum Gasteiger partial charge on any atom is 0.290 e. The monoisotopic (exact) mass is 376 g/mol. The molecule has 4 rings (SSSR count). The van der Waals surface area contributed by atoms with Gasteiger partial charge >= 0.3 is 0 Å². The third-order valence-corrected chi connectivity index (χ3v) is 7.90. The van der Waals surface area contributed by atoms with E-state index < -0.39 is 0 Å². The summed E-state index contributed by atoms with van der Waals surface area (Å²) >= 11 is 0. The fourth-order valence-electron chi connectivity index (χ4n) is 6.05. The average molecular weight is 376 g/mol. The summed E-state index contributed by atoms with van der Waals surface area (Å²) in [6.07, 6.45) is 5.07. The van der Waals surface area contributed by atoms with Crippen LogP contribution in [0.2, 0.25) is 0 Å². The quantitative estimate of drug-likeness (QED) is 0.557. The molecule has 2 bridgehead atoms. The van der Waals surface area contributed by atoms with Gasteiger partial charge in [-0.2, -0.15) is 0 Å². The Bertz CT molecular complexity index is 676. The zero-order chi connectivity index (χ0) is 20.0. The third-order valence-electron chi connectivity index (χ3n) is 7.90. The molecule has 27 heavy (non-hydrogen) atoms. The minimum Gasteiger partial charge on any atom is -0.483 e. The maximum atomic E-state index is 12.8. The number of ether oxygens (including phenoxy) is 2. The zero-order valence-corrected chi connectivity index (χ0v) is 16.9. The molecule has 1 aliphatic heterocycles. The van der Waals surface area contributed by atoms with E-state index in [4.69, 9.17) is 19.4 Å². The summed E-state index contributed by atoms with van der Waals surface area (Å²) in [4.78, 5) is 21.1. The minimum absolute atomic E-state index is 0.134. The molecule has 3 fully saturated rings. The van der Waals surface area contributed by atoms with Crippen LogP contribution in [-0.2, 0) is 19.1 Å². The van der Waals surface area contributed by atoms with Crippen molar-refractivity contribution >= 4 is 12.3 Å². The number of methoxy groups -OCH3 is 1. The standard InChI is InChI=1S/C21H30O3.CH2O2/c1-12-8-17-13(2)18(22)10-21(23-5,20(17,3)4)9-15-14(12)6-7-19-16(15)11-24-19;2-1-3/h14-16,19H,1,6-11H2,2-5H3;1H,(H,2,3). The minimum atomic E-state index is -0.389. The van der Waals surface area contributed by atoms with Gasteiger partial charge in [-0.25, -0.2) is 0 Å². The molecule has 0 aromatic rings. The highest BCUT2D eigenvalue weighted by molar-refractivity contribution is 5.98. The van der Waals surface area contributed by atoms with Crippen molar-refractivity contribution in [1.82, 2.24) is 0 Å². The molecular weight excluding hydrogens is 344 g/mol. The number of carboxylic acid groups (broad SMARTS) is 1. The van der Waals surface area contributed by atoms with Gasteiger partial charge in [0.1, 0.15) is 0 Å². The van der Waals surface area contributed by atoms with Crippen molar-refractivity contribution in [3.63, 3.8) is 0 Å². The Kier molecular flexibility index (Phi) is 5.39. The number of rotatable bonds is 1. The lowest BCUT2D eigenvalue weighted by Gasteiger charge is -2.58. The predicted octanol–water partition coefficient (Wildman–Crippen LogP) is 3.78. The molecule has 0 amide bonds. The lowest BCUT2D eigenvalue weighted by molar-refractivity contribution is -0.194. The number of Topliss-reactive ketones (excluding diaryl/α,β-unsaturated/α-hetero) is 1. The number of hydrogen-bond donors (Lipinski definition) is 1. The van der Waals surface area contributed by atoms with Gasteiger partial charge in [0.05, 0.1) is 18.3 Å². The van der Waals surface area contributed by atoms with E-state index in [-0.39, 0.29) is 23.3 Å². The van der Waals surface area contributed by atoms with E-state index in [0.717, 1.165) is 31.4 Å². The van der Waals surface area contributed by atoms with E-state index in [9.17, 15) is 4.79 Å². The van der Waals surface area contributed by atoms with E-state index in [1.807, 2.05) is 6.92 Å². The van der Waals surface area contributed by atoms with E-state index >= 15 is 0 Å². The summed E-state index contributed by atoms with van der Waals surface area (Å²) in [7, 11) is 1.80. The normalized spacial score (nSPS) is 39.7. The molecular formula is C22H32O5. The molecule has 1 N–H and O–H groups in total. The lowest BCUT2D eigenvalue weighted by Crippen LogP contribution is -2.59. The lowest BCUT2D eigenvalue weighted by atomic mass is 9.52. The maximum absolute atomic E-state index is 12.8. The number of allylic oxidation sites excluding steroid dienone is 2. The van der Waals surface area contributed by atoms with E-state index in [2.05, 4.69) is 20.4 Å². The summed E-state index contributed by atoms with van der Waals surface area (Å²) in [6.45, 7) is 11.6. The molecule has 150 valence electrons. The molecule has 3 aliphatic carbocycles. The van der Waals surface area contributed by atoms with Crippen molar-refractivity contribution in [1.29, 1.82) is 0 Å². The van der Waals surface area contributed by atoms with Crippen molar-refractivity contribution in [2.24, 2.45) is 23.2 Å². The van der Waals surface area contributed by atoms with E-state index in [1.54, 1.807) is 7.11 Å². The van der Waals surface area contributed by atoms with Gasteiger partial charge in [0, 0.05) is 24.9 Å². The van der Waals surface area contributed by atoms with Crippen LogP contribution in [0.1, 0.15) is 52.9 Å². The summed E-state index contributed by atoms with van der Waals surface area (Å²) < 4.78 is 12.0. The first kappa shape index (κ1) is 20.3. The fraction of sp³-hybridized carbons (Fsp3) is 0.727. The molecule has 5 atom stereocenters. The number of ketones is 1. The average Bonchev–Trinajstić information content (AvgIpc) is 2.58. The highest BCUT2D eigenvalue weighted by Gasteiger charge is 2.58. The van der Waals surface area contributed by atoms with Gasteiger partial charge in [0.25, 0.3) is 6.47 Å². The van der Waals surface area contributed by atoms with Crippen LogP contribution in [-0.4, -0.2) is 42.8 Å². The number of carbonyl (C=O) groups is 2. The SMILES string of the molecule is C=C1CC2=C(C)C(=O)CC(OC)(CC3C1CCC1OCC13)C2(C)C.O=CO. The largest absolute Gasteiger partial charge is 0.483 e. The highest BCUT2D eigenvalue weighted by Crippen LogP contribution is 2.59. The number of hydrogen-bond acceptors (Lipinski definition) is 4. The van der Waals surface area contributed by atoms with Crippen molar-refractivity contribution in [3.05, 3.63) is 23.3 Å². The van der Waals surface area contributed by atoms with E-state index in [1.165, 1.54) is 17.6 Å². The second kappa shape index (κ2) is 7.17. The second-order valence-corrected chi connectivity index (χ2v) is 9.05. The van der Waals surface area contributed by atoms with Crippen LogP contribution >= 0.6 is 0 Å². The van der Waals surface area contributed by atoms with Gasteiger partial charge in [-0.15, -0.1) is 0 Å². The molecule has 0 spiro atoms. The van der Waals surface area contributed by atoms with Gasteiger partial charge < -0.3 is 14.6 Å². The molecule has 0 aromatic carbocycles. The van der Waals surface area contributed by atoms with Crippen molar-refractivity contribution in [2.75, 3.05) is 13.7 Å². The first-order chi connectivity index (χ1) is 12.7. The summed E-state index contributed by atoms with van der Waals surface area (Å²) in [5.74, 6) is 1.97. The molecule has 0 aromatic heterocycles. The Morgan fingerprint density at radius 1 is 1.30 bits per heavy atom. The first-order valence-electron chi connectivity index (χ1n) is 9.88. The van der Waals surface area contributed by atoms with Gasteiger partial charge in [0.2, 0.25) is 0 Å². The summed E-state index contributed by atoms with van der Waals surface area (Å²) in [5, 5.41) is 6.89. The van der Waals surface area contributed by atoms with Gasteiger partial charge in [-0.1, -0.05) is 31.6 Å². The fourth-order valence-corrected chi connectivity index (χ4v) is 6.05. The van der Waals surface area contributed by atoms with Crippen LogP contribution < -0.4 is 0 Å². The molecule has 1 saturated heterocycles. The van der Waals surface area contributed by atoms with Crippen LogP contribution in [0.15, 0.2) is 23.3 Å². The van der Waals surface area contributed by atoms with Crippen molar-refractivity contribution < 1.29 is 24.2 Å². The van der Waals surface area contributed by atoms with Crippen molar-refractivity contribution in [3.8, 4) is 0 Å². The summed E-state index contributed by atoms with van der Waals surface area (Å²) in [6, 6.07) is 0. The molecule has 2 saturated carbocycles. The van der Waals surface area contributed by atoms with Gasteiger partial charge in [-0.05, 0) is 50.0 Å². The molecule has 1 heterocycles. The Morgan fingerprint density at radius 3 is 2.52 bits per heavy atom. The predicted molar refractivity (Wildman–Crippen MR) is 102 cm³/mol. The molecule has 5 unspecified atom stereocenters. The van der Waals surface area contributed by atoms with Crippen LogP contribution in [0.4, 0.5) is 0 Å². The van der Waals surface area contributed by atoms with Gasteiger partial charge in [-0.3, -0.25) is 9.59 Å². The van der Waals surface area contributed by atoms with Crippen LogP contribution in [0.5, 0.6) is 0 Å². The highest BCUT2D eigenvalue weighted by atomic mass is 16.5. The Balaban J connectivity index is 0.000000659. The Labute approximate surface area is 161 Å². The van der Waals surface area contributed by atoms with Crippen LogP contribution in [0, 0.1) is 23.2 Å². The summed E-state index contributed by atoms with van der Waals surface area (Å²) in [5.41, 5.74) is 3.02. The topological polar surface area (TPSA) is 72.8 Å². The molecule has 5 nitrogen and oxygen atoms in total. The third kappa shape index (κ3) is 2.99. The molecule has 4 aliphatic rings. The Hall–Kier alpha value is -1.46. The number of carbonyl (C=O) groups excluding carboxylic acids is 1. The van der Waals surface area contributed by atoms with Crippen molar-refractivity contribution in [2.45, 2.75) is 64.6 Å². The zero-order valence-electron chi connectivity index (χ0n) is 16.9.